The number of benzene rings is 1. The van der Waals surface area contributed by atoms with Crippen LogP contribution in [0.3, 0.4) is 0 Å². The Morgan fingerprint density at radius 3 is 2.44 bits per heavy atom. The Morgan fingerprint density at radius 2 is 1.78 bits per heavy atom. The molecule has 0 aliphatic heterocycles. The molecule has 222 valence electrons. The fraction of sp³-hybridized carbons (Fsp3) is 0.621. The molecule has 4 bridgehead atoms. The van der Waals surface area contributed by atoms with Gasteiger partial charge in [-0.3, -0.25) is 0 Å². The van der Waals surface area contributed by atoms with Gasteiger partial charge in [0, 0.05) is 38.9 Å². The molecule has 3 N–H and O–H groups in total. The Balaban J connectivity index is 1.24. The van der Waals surface area contributed by atoms with Gasteiger partial charge in [-0.2, -0.15) is 10.2 Å². The molecule has 2 aromatic rings. The Labute approximate surface area is 238 Å². The summed E-state index contributed by atoms with van der Waals surface area (Å²) in [4.78, 5) is 8.71. The minimum absolute atomic E-state index is 0.0219. The van der Waals surface area contributed by atoms with Gasteiger partial charge in [-0.1, -0.05) is 18.2 Å². The van der Waals surface area contributed by atoms with Crippen molar-refractivity contribution in [2.24, 2.45) is 23.2 Å². The predicted molar refractivity (Wildman–Crippen MR) is 146 cm³/mol. The largest absolute Gasteiger partial charge is 0.573 e. The predicted octanol–water partition coefficient (Wildman–Crippen LogP) is 4.72. The summed E-state index contributed by atoms with van der Waals surface area (Å²) in [7, 11) is 3.43. The lowest BCUT2D eigenvalue weighted by Crippen LogP contribution is -2.62. The second kappa shape index (κ2) is 12.4. The summed E-state index contributed by atoms with van der Waals surface area (Å²) in [5.41, 5.74) is 0.760. The van der Waals surface area contributed by atoms with Crippen molar-refractivity contribution in [3.63, 3.8) is 0 Å². The number of rotatable bonds is 13. The van der Waals surface area contributed by atoms with Gasteiger partial charge in [-0.05, 0) is 61.3 Å². The molecule has 6 rings (SSSR count). The number of nitrogens with zero attached hydrogens (tertiary/aromatic N) is 3. The Morgan fingerprint density at radius 1 is 1.07 bits per heavy atom. The minimum atomic E-state index is -4.79. The number of nitriles is 1. The average Bonchev–Trinajstić information content (AvgIpc) is 2.92. The number of methoxy groups -OCH3 is 2. The molecule has 5 atom stereocenters. The number of aromatic nitrogens is 2. The zero-order valence-corrected chi connectivity index (χ0v) is 23.3. The van der Waals surface area contributed by atoms with Crippen LogP contribution in [0.2, 0.25) is 0 Å². The van der Waals surface area contributed by atoms with E-state index in [2.05, 4.69) is 36.7 Å². The van der Waals surface area contributed by atoms with Crippen LogP contribution in [0.15, 0.2) is 30.5 Å². The van der Waals surface area contributed by atoms with Crippen molar-refractivity contribution in [1.29, 1.82) is 5.26 Å². The number of hydrogen-bond donors (Lipinski definition) is 3. The Hall–Kier alpha value is -3.14. The lowest BCUT2D eigenvalue weighted by molar-refractivity contribution is -0.274. The molecule has 9 nitrogen and oxygen atoms in total. The first-order chi connectivity index (χ1) is 19.7. The molecule has 0 spiro atoms. The van der Waals surface area contributed by atoms with Crippen molar-refractivity contribution >= 4 is 11.8 Å². The van der Waals surface area contributed by atoms with Crippen molar-refractivity contribution in [3.8, 4) is 11.8 Å². The van der Waals surface area contributed by atoms with Gasteiger partial charge in [0.05, 0.1) is 25.5 Å². The van der Waals surface area contributed by atoms with Crippen LogP contribution in [0.5, 0.6) is 5.75 Å². The first kappa shape index (κ1) is 29.4. The van der Waals surface area contributed by atoms with Crippen LogP contribution in [-0.4, -0.2) is 62.4 Å². The molecule has 1 unspecified atom stereocenters. The zero-order valence-electron chi connectivity index (χ0n) is 23.3. The molecular weight excluding hydrogens is 537 g/mol. The summed E-state index contributed by atoms with van der Waals surface area (Å²) in [6, 6.07) is 8.67. The first-order valence-corrected chi connectivity index (χ1v) is 14.0. The maximum absolute atomic E-state index is 12.8. The highest BCUT2D eigenvalue weighted by Crippen LogP contribution is 2.60. The zero-order chi connectivity index (χ0) is 29.0. The first-order valence-electron chi connectivity index (χ1n) is 14.0. The number of para-hydroxylation sites is 1. The molecule has 12 heteroatoms. The highest BCUT2D eigenvalue weighted by atomic mass is 19.4. The van der Waals surface area contributed by atoms with Gasteiger partial charge < -0.3 is 30.2 Å². The Kier molecular flexibility index (Phi) is 8.87. The van der Waals surface area contributed by atoms with E-state index in [-0.39, 0.29) is 29.7 Å². The molecule has 1 aromatic carbocycles. The van der Waals surface area contributed by atoms with E-state index in [0.717, 1.165) is 19.3 Å². The fourth-order valence-corrected chi connectivity index (χ4v) is 7.50. The van der Waals surface area contributed by atoms with Crippen molar-refractivity contribution in [1.82, 2.24) is 15.3 Å². The molecule has 41 heavy (non-hydrogen) atoms. The fourth-order valence-electron chi connectivity index (χ4n) is 7.50. The van der Waals surface area contributed by atoms with E-state index in [1.165, 1.54) is 31.2 Å². The van der Waals surface area contributed by atoms with Gasteiger partial charge in [-0.25, -0.2) is 4.98 Å². The van der Waals surface area contributed by atoms with Gasteiger partial charge in [-0.15, -0.1) is 13.2 Å². The van der Waals surface area contributed by atoms with E-state index in [1.807, 2.05) is 0 Å². The van der Waals surface area contributed by atoms with Crippen molar-refractivity contribution in [2.75, 3.05) is 44.6 Å². The summed E-state index contributed by atoms with van der Waals surface area (Å²) in [5.74, 6) is 2.21. The van der Waals surface area contributed by atoms with Crippen LogP contribution in [-0.2, 0) is 16.0 Å². The summed E-state index contributed by atoms with van der Waals surface area (Å²) in [5, 5.41) is 20.0. The number of anilines is 2. The van der Waals surface area contributed by atoms with E-state index in [4.69, 9.17) is 9.47 Å². The highest BCUT2D eigenvalue weighted by molar-refractivity contribution is 5.53. The Bertz CT molecular complexity index is 1220. The lowest BCUT2D eigenvalue weighted by Gasteiger charge is -2.60. The summed E-state index contributed by atoms with van der Waals surface area (Å²) in [6.45, 7) is 1.95. The van der Waals surface area contributed by atoms with Crippen LogP contribution in [0, 0.1) is 34.5 Å². The van der Waals surface area contributed by atoms with Gasteiger partial charge >= 0.3 is 6.36 Å². The maximum Gasteiger partial charge on any atom is 0.573 e. The van der Waals surface area contributed by atoms with E-state index in [9.17, 15) is 18.4 Å². The van der Waals surface area contributed by atoms with E-state index < -0.39 is 6.36 Å². The number of nitrogens with one attached hydrogen (secondary N) is 3. The molecule has 1 heterocycles. The molecule has 0 saturated heterocycles. The van der Waals surface area contributed by atoms with Crippen molar-refractivity contribution in [2.45, 2.75) is 57.1 Å². The van der Waals surface area contributed by atoms with Crippen LogP contribution in [0.4, 0.5) is 24.9 Å². The summed E-state index contributed by atoms with van der Waals surface area (Å²) >= 11 is 0. The molecule has 0 radical (unpaired) electrons. The van der Waals surface area contributed by atoms with Crippen molar-refractivity contribution in [3.05, 3.63) is 41.6 Å². The normalized spacial score (nSPS) is 26.7. The number of halogens is 3. The third-order valence-corrected chi connectivity index (χ3v) is 8.74. The smallest absolute Gasteiger partial charge is 0.405 e. The number of hydrogen-bond acceptors (Lipinski definition) is 9. The van der Waals surface area contributed by atoms with Gasteiger partial charge in [0.15, 0.2) is 0 Å². The summed E-state index contributed by atoms with van der Waals surface area (Å²) in [6.07, 6.45) is 2.46. The molecule has 1 aromatic heterocycles. The number of alkyl halides is 3. The van der Waals surface area contributed by atoms with Crippen LogP contribution >= 0.6 is 0 Å². The van der Waals surface area contributed by atoms with Gasteiger partial charge in [0.25, 0.3) is 0 Å². The van der Waals surface area contributed by atoms with Crippen LogP contribution in [0.1, 0.15) is 43.2 Å². The van der Waals surface area contributed by atoms with E-state index >= 15 is 0 Å². The molecule has 4 fully saturated rings. The van der Waals surface area contributed by atoms with Gasteiger partial charge in [0.1, 0.15) is 23.2 Å². The maximum atomic E-state index is 12.8. The second-order valence-electron chi connectivity index (χ2n) is 11.7. The summed E-state index contributed by atoms with van der Waals surface area (Å²) < 4.78 is 53.3. The third-order valence-electron chi connectivity index (χ3n) is 8.74. The second-order valence-corrected chi connectivity index (χ2v) is 11.7. The molecule has 4 aliphatic carbocycles. The monoisotopic (exact) mass is 574 g/mol. The van der Waals surface area contributed by atoms with Crippen LogP contribution < -0.4 is 20.7 Å². The third kappa shape index (κ3) is 7.02. The highest BCUT2D eigenvalue weighted by Gasteiger charge is 2.55. The quantitative estimate of drug-likeness (QED) is 0.313. The molecule has 0 amide bonds. The molecule has 4 aliphatic rings. The standard InChI is InChI=1S/C29H37F3N6O3/c1-39-15-23(16-40-2)37-25-20-7-18-8-21(25)11-28(9-18,10-20)17-36-26-22(12-33)14-35-27(38-26)34-13-19-5-3-4-6-24(19)41-29(30,31)32/h3-6,14,18,20-21,23,25,37H,7-11,13,15-17H2,1-2H3,(H2,34,35,36,38)/t18?,20-,21+,25-,28+. The minimum Gasteiger partial charge on any atom is -0.405 e. The van der Waals surface area contributed by atoms with E-state index in [1.54, 1.807) is 26.4 Å². The lowest BCUT2D eigenvalue weighted by atomic mass is 9.48. The molecular formula is C29H37F3N6O3. The SMILES string of the molecule is COCC(COC)N[C@@H]1[C@@H]2CC3C[C@H]1C[C@](CNc1nc(NCc4ccccc4OC(F)(F)F)ncc1C#N)(C3)C2. The molecule has 4 saturated carbocycles. The van der Waals surface area contributed by atoms with Crippen LogP contribution in [0.25, 0.3) is 0 Å². The van der Waals surface area contributed by atoms with Crippen molar-refractivity contribution < 1.29 is 27.4 Å². The number of ether oxygens (including phenoxy) is 3. The topological polar surface area (TPSA) is 113 Å². The van der Waals surface area contributed by atoms with E-state index in [0.29, 0.717) is 60.5 Å². The average molecular weight is 575 g/mol. The van der Waals surface area contributed by atoms with Gasteiger partial charge in [0.2, 0.25) is 5.95 Å².